The zero-order chi connectivity index (χ0) is 17.6. The van der Waals surface area contributed by atoms with Gasteiger partial charge in [-0.15, -0.1) is 0 Å². The van der Waals surface area contributed by atoms with Gasteiger partial charge in [0.05, 0.1) is 30.8 Å². The highest BCUT2D eigenvalue weighted by molar-refractivity contribution is 5.61. The van der Waals surface area contributed by atoms with Gasteiger partial charge >= 0.3 is 0 Å². The molecule has 1 heterocycles. The molecule has 4 heteroatoms. The number of methoxy groups -OCH3 is 1. The summed E-state index contributed by atoms with van der Waals surface area (Å²) in [7, 11) is 1.68. The quantitative estimate of drug-likeness (QED) is 0.920. The summed E-state index contributed by atoms with van der Waals surface area (Å²) >= 11 is 0. The molecule has 3 atom stereocenters. The van der Waals surface area contributed by atoms with E-state index in [0.717, 1.165) is 37.1 Å². The lowest BCUT2D eigenvalue weighted by Crippen LogP contribution is -2.42. The number of fused-ring (bicyclic) bond motifs is 2. The highest BCUT2D eigenvalue weighted by Crippen LogP contribution is 2.52. The highest BCUT2D eigenvalue weighted by atomic mass is 16.5. The molecule has 1 aromatic heterocycles. The molecular formula is C21H26N2O2. The third-order valence-corrected chi connectivity index (χ3v) is 6.17. The van der Waals surface area contributed by atoms with E-state index >= 15 is 0 Å². The predicted octanol–water partition coefficient (Wildman–Crippen LogP) is 4.01. The summed E-state index contributed by atoms with van der Waals surface area (Å²) in [6.45, 7) is 4.26. The van der Waals surface area contributed by atoms with Crippen LogP contribution in [0.1, 0.15) is 44.4 Å². The molecule has 0 spiro atoms. The number of allylic oxidation sites excluding steroid dienone is 1. The fourth-order valence-electron chi connectivity index (χ4n) is 4.78. The van der Waals surface area contributed by atoms with Crippen molar-refractivity contribution < 1.29 is 9.84 Å². The molecule has 2 aromatic rings. The molecule has 4 rings (SSSR count). The molecule has 1 saturated carbocycles. The van der Waals surface area contributed by atoms with Crippen molar-refractivity contribution in [2.75, 3.05) is 7.11 Å². The van der Waals surface area contributed by atoms with Crippen molar-refractivity contribution in [1.29, 1.82) is 0 Å². The van der Waals surface area contributed by atoms with Crippen LogP contribution in [0.25, 0.3) is 11.8 Å². The number of aliphatic hydroxyl groups excluding tert-OH is 1. The highest BCUT2D eigenvalue weighted by Gasteiger charge is 2.45. The fourth-order valence-corrected chi connectivity index (χ4v) is 4.78. The summed E-state index contributed by atoms with van der Waals surface area (Å²) in [6, 6.07) is 8.01. The van der Waals surface area contributed by atoms with Crippen LogP contribution in [0, 0.1) is 11.3 Å². The average Bonchev–Trinajstić information content (AvgIpc) is 3.00. The molecule has 132 valence electrons. The van der Waals surface area contributed by atoms with Gasteiger partial charge in [-0.25, -0.2) is 4.68 Å². The van der Waals surface area contributed by atoms with Crippen molar-refractivity contribution in [2.45, 2.75) is 45.6 Å². The average molecular weight is 338 g/mol. The summed E-state index contributed by atoms with van der Waals surface area (Å²) in [6.07, 6.45) is 8.38. The molecular weight excluding hydrogens is 312 g/mol. The second kappa shape index (κ2) is 6.03. The first-order valence-corrected chi connectivity index (χ1v) is 9.13. The first-order chi connectivity index (χ1) is 12.0. The number of hydrogen-bond acceptors (Lipinski definition) is 3. The minimum atomic E-state index is -0.271. The van der Waals surface area contributed by atoms with Gasteiger partial charge in [-0.1, -0.05) is 12.5 Å². The van der Waals surface area contributed by atoms with E-state index in [4.69, 9.17) is 4.74 Å². The zero-order valence-corrected chi connectivity index (χ0v) is 15.2. The molecule has 2 aliphatic rings. The number of ether oxygens (including phenoxy) is 1. The molecule has 0 saturated heterocycles. The summed E-state index contributed by atoms with van der Waals surface area (Å²) in [5.74, 6) is 1.17. The van der Waals surface area contributed by atoms with Gasteiger partial charge in [0, 0.05) is 0 Å². The van der Waals surface area contributed by atoms with E-state index in [9.17, 15) is 5.11 Å². The molecule has 2 aliphatic carbocycles. The van der Waals surface area contributed by atoms with Crippen LogP contribution >= 0.6 is 0 Å². The Morgan fingerprint density at radius 3 is 2.76 bits per heavy atom. The normalized spacial score (nSPS) is 26.4. The van der Waals surface area contributed by atoms with Crippen LogP contribution in [0.3, 0.4) is 0 Å². The molecule has 1 fully saturated rings. The molecule has 0 unspecified atom stereocenters. The number of aromatic nitrogens is 2. The number of hydrogen-bond donors (Lipinski definition) is 1. The fraction of sp³-hybridized carbons (Fsp3) is 0.476. The van der Waals surface area contributed by atoms with Crippen molar-refractivity contribution in [3.05, 3.63) is 47.3 Å². The monoisotopic (exact) mass is 338 g/mol. The van der Waals surface area contributed by atoms with Gasteiger partial charge in [0.2, 0.25) is 0 Å². The van der Waals surface area contributed by atoms with Crippen LogP contribution in [0.4, 0.5) is 0 Å². The minimum absolute atomic E-state index is 0.0488. The Labute approximate surface area is 149 Å². The Balaban J connectivity index is 1.75. The van der Waals surface area contributed by atoms with Crippen LogP contribution in [0.2, 0.25) is 0 Å². The Kier molecular flexibility index (Phi) is 3.95. The molecule has 0 aliphatic heterocycles. The van der Waals surface area contributed by atoms with E-state index in [1.807, 2.05) is 42.1 Å². The van der Waals surface area contributed by atoms with E-state index in [1.54, 1.807) is 7.11 Å². The smallest absolute Gasteiger partial charge is 0.119 e. The SMILES string of the molecule is COc1ccc(-n2ncc3c2C=C2CCC[C@H]([C@H](C)O)[C@@]2(C)C3)cc1. The largest absolute Gasteiger partial charge is 0.497 e. The number of rotatable bonds is 3. The molecule has 4 nitrogen and oxygen atoms in total. The van der Waals surface area contributed by atoms with Crippen LogP contribution in [0.15, 0.2) is 36.0 Å². The Morgan fingerprint density at radius 2 is 2.08 bits per heavy atom. The maximum atomic E-state index is 10.3. The predicted molar refractivity (Wildman–Crippen MR) is 98.9 cm³/mol. The van der Waals surface area contributed by atoms with Crippen molar-refractivity contribution >= 4 is 6.08 Å². The Bertz CT molecular complexity index is 804. The third-order valence-electron chi connectivity index (χ3n) is 6.17. The van der Waals surface area contributed by atoms with Gasteiger partial charge in [0.1, 0.15) is 5.75 Å². The molecule has 0 amide bonds. The van der Waals surface area contributed by atoms with Crippen molar-refractivity contribution in [1.82, 2.24) is 9.78 Å². The topological polar surface area (TPSA) is 47.3 Å². The summed E-state index contributed by atoms with van der Waals surface area (Å²) < 4.78 is 7.27. The summed E-state index contributed by atoms with van der Waals surface area (Å²) in [5.41, 5.74) is 5.02. The summed E-state index contributed by atoms with van der Waals surface area (Å²) in [4.78, 5) is 0. The van der Waals surface area contributed by atoms with Gasteiger partial charge in [-0.2, -0.15) is 5.10 Å². The lowest BCUT2D eigenvalue weighted by atomic mass is 9.58. The first-order valence-electron chi connectivity index (χ1n) is 9.13. The number of nitrogens with zero attached hydrogens (tertiary/aromatic N) is 2. The van der Waals surface area contributed by atoms with Crippen molar-refractivity contribution in [2.24, 2.45) is 11.3 Å². The lowest BCUT2D eigenvalue weighted by molar-refractivity contribution is 0.0352. The Hall–Kier alpha value is -2.07. The molecule has 1 aromatic carbocycles. The second-order valence-corrected chi connectivity index (χ2v) is 7.67. The van der Waals surface area contributed by atoms with E-state index in [-0.39, 0.29) is 11.5 Å². The van der Waals surface area contributed by atoms with E-state index in [0.29, 0.717) is 5.92 Å². The second-order valence-electron chi connectivity index (χ2n) is 7.67. The standard InChI is InChI=1S/C21H26N2O2/c1-14(24)19-6-4-5-16-11-20-15(12-21(16,19)2)13-22-23(20)17-7-9-18(25-3)10-8-17/h7-11,13-14,19,24H,4-6,12H2,1-3H3/t14-,19+,21-/m0/s1. The van der Waals surface area contributed by atoms with E-state index < -0.39 is 0 Å². The van der Waals surface area contributed by atoms with Gasteiger partial charge in [-0.3, -0.25) is 0 Å². The van der Waals surface area contributed by atoms with E-state index in [2.05, 4.69) is 18.1 Å². The molecule has 0 bridgehead atoms. The van der Waals surface area contributed by atoms with Gasteiger partial charge in [0.25, 0.3) is 0 Å². The van der Waals surface area contributed by atoms with Gasteiger partial charge < -0.3 is 9.84 Å². The molecule has 1 N–H and O–H groups in total. The van der Waals surface area contributed by atoms with Crippen LogP contribution in [-0.4, -0.2) is 28.1 Å². The molecule has 25 heavy (non-hydrogen) atoms. The van der Waals surface area contributed by atoms with Gasteiger partial charge in [0.15, 0.2) is 0 Å². The van der Waals surface area contributed by atoms with Gasteiger partial charge in [-0.05, 0) is 79.8 Å². The number of aliphatic hydroxyl groups is 1. The van der Waals surface area contributed by atoms with Crippen LogP contribution in [0.5, 0.6) is 5.75 Å². The third kappa shape index (κ3) is 2.60. The summed E-state index contributed by atoms with van der Waals surface area (Å²) in [5, 5.41) is 15.0. The van der Waals surface area contributed by atoms with Crippen LogP contribution in [-0.2, 0) is 6.42 Å². The van der Waals surface area contributed by atoms with Crippen molar-refractivity contribution in [3.63, 3.8) is 0 Å². The van der Waals surface area contributed by atoms with Crippen molar-refractivity contribution in [3.8, 4) is 11.4 Å². The number of benzene rings is 1. The maximum Gasteiger partial charge on any atom is 0.119 e. The molecule has 0 radical (unpaired) electrons. The minimum Gasteiger partial charge on any atom is -0.497 e. The lowest BCUT2D eigenvalue weighted by Gasteiger charge is -2.47. The maximum absolute atomic E-state index is 10.3. The zero-order valence-electron chi connectivity index (χ0n) is 15.2. The first kappa shape index (κ1) is 16.4. The van der Waals surface area contributed by atoms with Crippen LogP contribution < -0.4 is 4.74 Å². The van der Waals surface area contributed by atoms with E-state index in [1.165, 1.54) is 16.8 Å². The Morgan fingerprint density at radius 1 is 1.32 bits per heavy atom.